The number of imide groups is 1. The van der Waals surface area contributed by atoms with Crippen LogP contribution in [0.25, 0.3) is 0 Å². The predicted octanol–water partition coefficient (Wildman–Crippen LogP) is 4.47. The summed E-state index contributed by atoms with van der Waals surface area (Å²) in [5.41, 5.74) is 2.70. The summed E-state index contributed by atoms with van der Waals surface area (Å²) in [6, 6.07) is 10.3. The number of ether oxygens (including phenoxy) is 1. The van der Waals surface area contributed by atoms with Gasteiger partial charge < -0.3 is 9.64 Å². The van der Waals surface area contributed by atoms with Crippen molar-refractivity contribution in [2.45, 2.75) is 26.7 Å². The van der Waals surface area contributed by atoms with Crippen molar-refractivity contribution in [2.24, 2.45) is 41.4 Å². The number of allylic oxidation sites excluding steroid dienone is 2. The smallest absolute Gasteiger partial charge is 0.316 e. The average Bonchev–Trinajstić information content (AvgIpc) is 3.57. The van der Waals surface area contributed by atoms with Gasteiger partial charge in [0.25, 0.3) is 0 Å². The molecule has 0 unspecified atom stereocenters. The summed E-state index contributed by atoms with van der Waals surface area (Å²) in [7, 11) is 0. The van der Waals surface area contributed by atoms with Gasteiger partial charge in [-0.25, -0.2) is 4.90 Å². The Hall–Kier alpha value is -3.45. The number of benzene rings is 2. The molecule has 7 atom stereocenters. The van der Waals surface area contributed by atoms with Gasteiger partial charge in [0.15, 0.2) is 0 Å². The van der Waals surface area contributed by atoms with Crippen LogP contribution in [0, 0.1) is 55.3 Å². The molecule has 0 radical (unpaired) electrons. The third-order valence-corrected chi connectivity index (χ3v) is 9.69. The van der Waals surface area contributed by atoms with Crippen LogP contribution in [0.3, 0.4) is 0 Å². The molecule has 3 amide bonds. The van der Waals surface area contributed by atoms with Crippen LogP contribution in [0.5, 0.6) is 5.75 Å². The van der Waals surface area contributed by atoms with Gasteiger partial charge in [0.2, 0.25) is 17.7 Å². The SMILES string of the molecule is Cc1cc(OC(=O)[C@@H]2CC(=O)N(c3cccc(Cl)c3C)C2)ccc1N1C(=O)[C@@H]2[C@H]3C=C[C@@H]([C@@H]4C[C@@H]34)[C@@H]2C1=O. The molecule has 8 rings (SSSR count). The predicted molar refractivity (Wildman–Crippen MR) is 141 cm³/mol. The van der Waals surface area contributed by atoms with E-state index in [4.69, 9.17) is 16.3 Å². The third-order valence-electron chi connectivity index (χ3n) is 9.28. The topological polar surface area (TPSA) is 84.0 Å². The Kier molecular flexibility index (Phi) is 5.15. The largest absolute Gasteiger partial charge is 0.426 e. The molecule has 2 bridgehead atoms. The molecule has 0 spiro atoms. The van der Waals surface area contributed by atoms with Crippen molar-refractivity contribution in [2.75, 3.05) is 16.3 Å². The molecule has 0 aromatic heterocycles. The number of esters is 1. The fourth-order valence-corrected chi connectivity index (χ4v) is 7.49. The lowest BCUT2D eigenvalue weighted by atomic mass is 9.63. The van der Waals surface area contributed by atoms with Crippen molar-refractivity contribution >= 4 is 46.7 Å². The van der Waals surface area contributed by atoms with Crippen LogP contribution in [-0.2, 0) is 19.2 Å². The van der Waals surface area contributed by atoms with Gasteiger partial charge in [-0.1, -0.05) is 29.8 Å². The Morgan fingerprint density at radius 3 is 2.29 bits per heavy atom. The highest BCUT2D eigenvalue weighted by Crippen LogP contribution is 2.65. The zero-order valence-corrected chi connectivity index (χ0v) is 21.9. The van der Waals surface area contributed by atoms with Gasteiger partial charge in [0, 0.05) is 23.7 Å². The first kappa shape index (κ1) is 23.7. The highest BCUT2D eigenvalue weighted by molar-refractivity contribution is 6.31. The summed E-state index contributed by atoms with van der Waals surface area (Å²) < 4.78 is 5.65. The second-order valence-corrected chi connectivity index (χ2v) is 11.7. The zero-order valence-electron chi connectivity index (χ0n) is 21.1. The summed E-state index contributed by atoms with van der Waals surface area (Å²) >= 11 is 6.22. The molecule has 2 saturated carbocycles. The number of hydrogen-bond acceptors (Lipinski definition) is 5. The normalized spacial score (nSPS) is 32.6. The Morgan fingerprint density at radius 1 is 0.947 bits per heavy atom. The van der Waals surface area contributed by atoms with Gasteiger partial charge in [-0.2, -0.15) is 0 Å². The van der Waals surface area contributed by atoms with E-state index in [9.17, 15) is 19.2 Å². The number of nitrogens with zero attached hydrogens (tertiary/aromatic N) is 2. The summed E-state index contributed by atoms with van der Waals surface area (Å²) in [5.74, 6) is -0.251. The first-order valence-electron chi connectivity index (χ1n) is 13.2. The number of aryl methyl sites for hydroxylation is 1. The van der Waals surface area contributed by atoms with Crippen molar-refractivity contribution in [1.82, 2.24) is 0 Å². The van der Waals surface area contributed by atoms with Crippen LogP contribution in [0.15, 0.2) is 48.6 Å². The highest BCUT2D eigenvalue weighted by Gasteiger charge is 2.67. The molecular formula is C30H27ClN2O5. The quantitative estimate of drug-likeness (QED) is 0.252. The maximum absolute atomic E-state index is 13.5. The minimum atomic E-state index is -0.611. The Balaban J connectivity index is 1.07. The number of amides is 3. The first-order valence-corrected chi connectivity index (χ1v) is 13.6. The minimum Gasteiger partial charge on any atom is -0.426 e. The number of anilines is 2. The molecule has 4 fully saturated rings. The molecule has 2 aliphatic heterocycles. The molecule has 2 saturated heterocycles. The van der Waals surface area contributed by atoms with Crippen LogP contribution in [0.1, 0.15) is 24.0 Å². The minimum absolute atomic E-state index is 0.0553. The summed E-state index contributed by atoms with van der Waals surface area (Å²) in [4.78, 5) is 55.5. The molecule has 8 heteroatoms. The molecule has 7 nitrogen and oxygen atoms in total. The van der Waals surface area contributed by atoms with Crippen LogP contribution in [0.4, 0.5) is 11.4 Å². The Bertz CT molecular complexity index is 1430. The number of carbonyl (C=O) groups excluding carboxylic acids is 4. The molecule has 2 aromatic carbocycles. The summed E-state index contributed by atoms with van der Waals surface area (Å²) in [5, 5.41) is 0.562. The average molecular weight is 531 g/mol. The van der Waals surface area contributed by atoms with Crippen LogP contribution in [-0.4, -0.2) is 30.2 Å². The van der Waals surface area contributed by atoms with Crippen molar-refractivity contribution in [1.29, 1.82) is 0 Å². The van der Waals surface area contributed by atoms with Gasteiger partial charge in [0.05, 0.1) is 23.4 Å². The number of carbonyl (C=O) groups is 4. The van der Waals surface area contributed by atoms with E-state index >= 15 is 0 Å². The standard InChI is InChI=1S/C30H27ClN2O5/c1-14-10-17(38-30(37)16-11-25(34)32(13-16)24-5-3-4-22(31)15(24)2)6-9-23(14)33-28(35)26-18-7-8-19(21-12-20(18)21)27(26)29(33)36/h3-10,16,18-21,26-27H,11-13H2,1-2H3/t16-,18+,19+,20+,21+,26-,27+/m1/s1. The van der Waals surface area contributed by atoms with E-state index in [0.717, 1.165) is 12.0 Å². The van der Waals surface area contributed by atoms with Crippen LogP contribution >= 0.6 is 11.6 Å². The third kappa shape index (κ3) is 3.34. The molecule has 194 valence electrons. The maximum atomic E-state index is 13.5. The summed E-state index contributed by atoms with van der Waals surface area (Å²) in [6.45, 7) is 3.87. The monoisotopic (exact) mass is 530 g/mol. The van der Waals surface area contributed by atoms with Crippen LogP contribution in [0.2, 0.25) is 5.02 Å². The lowest BCUT2D eigenvalue weighted by Crippen LogP contribution is -2.40. The maximum Gasteiger partial charge on any atom is 0.316 e. The van der Waals surface area contributed by atoms with E-state index in [2.05, 4.69) is 12.2 Å². The molecule has 38 heavy (non-hydrogen) atoms. The van der Waals surface area contributed by atoms with E-state index < -0.39 is 11.9 Å². The second-order valence-electron chi connectivity index (χ2n) is 11.3. The van der Waals surface area contributed by atoms with Gasteiger partial charge in [-0.3, -0.25) is 19.2 Å². The second kappa shape index (κ2) is 8.27. The first-order chi connectivity index (χ1) is 18.2. The van der Waals surface area contributed by atoms with Gasteiger partial charge in [-0.15, -0.1) is 0 Å². The number of hydrogen-bond donors (Lipinski definition) is 0. The molecule has 6 aliphatic rings. The van der Waals surface area contributed by atoms with E-state index in [1.807, 2.05) is 19.9 Å². The van der Waals surface area contributed by atoms with E-state index in [0.29, 0.717) is 39.5 Å². The fourth-order valence-electron chi connectivity index (χ4n) is 7.32. The van der Waals surface area contributed by atoms with E-state index in [-0.39, 0.29) is 54.4 Å². The fraction of sp³-hybridized carbons (Fsp3) is 0.400. The molecule has 4 aliphatic carbocycles. The zero-order chi connectivity index (χ0) is 26.5. The van der Waals surface area contributed by atoms with Gasteiger partial charge in [0.1, 0.15) is 5.75 Å². The summed E-state index contributed by atoms with van der Waals surface area (Å²) in [6.07, 6.45) is 5.50. The molecule has 0 N–H and O–H groups in total. The lowest BCUT2D eigenvalue weighted by Gasteiger charge is -2.37. The van der Waals surface area contributed by atoms with E-state index in [1.165, 1.54) is 4.90 Å². The number of rotatable bonds is 4. The molecule has 2 aromatic rings. The van der Waals surface area contributed by atoms with Crippen molar-refractivity contribution < 1.29 is 23.9 Å². The van der Waals surface area contributed by atoms with Crippen LogP contribution < -0.4 is 14.5 Å². The van der Waals surface area contributed by atoms with Crippen molar-refractivity contribution in [3.8, 4) is 5.75 Å². The van der Waals surface area contributed by atoms with Crippen molar-refractivity contribution in [3.63, 3.8) is 0 Å². The molecular weight excluding hydrogens is 504 g/mol. The Labute approximate surface area is 225 Å². The Morgan fingerprint density at radius 2 is 1.63 bits per heavy atom. The highest BCUT2D eigenvalue weighted by atomic mass is 35.5. The van der Waals surface area contributed by atoms with Gasteiger partial charge >= 0.3 is 5.97 Å². The lowest BCUT2D eigenvalue weighted by molar-refractivity contribution is -0.139. The van der Waals surface area contributed by atoms with Crippen molar-refractivity contribution in [3.05, 3.63) is 64.7 Å². The van der Waals surface area contributed by atoms with E-state index in [1.54, 1.807) is 35.2 Å². The number of halogens is 1. The molecule has 2 heterocycles. The van der Waals surface area contributed by atoms with Gasteiger partial charge in [-0.05, 0) is 85.4 Å².